The molecule has 168 valence electrons. The smallest absolute Gasteiger partial charge is 0.264 e. The Morgan fingerprint density at radius 2 is 1.66 bits per heavy atom. The third-order valence-electron chi connectivity index (χ3n) is 5.23. The van der Waals surface area contributed by atoms with Crippen molar-refractivity contribution in [1.29, 1.82) is 0 Å². The van der Waals surface area contributed by atoms with Crippen LogP contribution in [0.25, 0.3) is 0 Å². The number of sulfonamides is 1. The van der Waals surface area contributed by atoms with E-state index in [-0.39, 0.29) is 17.5 Å². The molecule has 3 aromatic carbocycles. The van der Waals surface area contributed by atoms with Crippen LogP contribution in [0.1, 0.15) is 29.7 Å². The Labute approximate surface area is 189 Å². The number of nitrogens with one attached hydrogen (secondary N) is 1. The van der Waals surface area contributed by atoms with Crippen LogP contribution in [0.4, 0.5) is 5.69 Å². The van der Waals surface area contributed by atoms with Crippen molar-refractivity contribution in [2.75, 3.05) is 18.0 Å². The van der Waals surface area contributed by atoms with Gasteiger partial charge in [-0.25, -0.2) is 8.42 Å². The van der Waals surface area contributed by atoms with Gasteiger partial charge in [-0.3, -0.25) is 9.10 Å². The minimum absolute atomic E-state index is 0.135. The van der Waals surface area contributed by atoms with Crippen LogP contribution in [0.3, 0.4) is 0 Å². The number of methoxy groups -OCH3 is 1. The highest BCUT2D eigenvalue weighted by Crippen LogP contribution is 2.27. The number of nitrogens with zero attached hydrogens (tertiary/aromatic N) is 1. The van der Waals surface area contributed by atoms with Crippen molar-refractivity contribution in [2.24, 2.45) is 0 Å². The van der Waals surface area contributed by atoms with Crippen LogP contribution in [0.15, 0.2) is 77.7 Å². The van der Waals surface area contributed by atoms with Crippen LogP contribution in [-0.2, 0) is 14.8 Å². The SMILES string of the molecule is COc1ccc(C(C)NC(=O)CN(c2ccc(C)cc2C)S(=O)(=O)c2ccccc2)cc1. The first-order chi connectivity index (χ1) is 15.2. The van der Waals surface area contributed by atoms with Crippen molar-refractivity contribution in [1.82, 2.24) is 5.32 Å². The van der Waals surface area contributed by atoms with Crippen LogP contribution in [-0.4, -0.2) is 28.0 Å². The van der Waals surface area contributed by atoms with E-state index in [1.54, 1.807) is 31.4 Å². The molecule has 0 aliphatic rings. The van der Waals surface area contributed by atoms with E-state index in [2.05, 4.69) is 5.32 Å². The quantitative estimate of drug-likeness (QED) is 0.550. The highest BCUT2D eigenvalue weighted by Gasteiger charge is 2.28. The predicted molar refractivity (Wildman–Crippen MR) is 126 cm³/mol. The molecule has 7 heteroatoms. The number of hydrogen-bond acceptors (Lipinski definition) is 4. The Kier molecular flexibility index (Phi) is 7.20. The van der Waals surface area contributed by atoms with E-state index in [4.69, 9.17) is 4.74 Å². The van der Waals surface area contributed by atoms with Crippen molar-refractivity contribution >= 4 is 21.6 Å². The van der Waals surface area contributed by atoms with Crippen LogP contribution >= 0.6 is 0 Å². The normalized spacial score (nSPS) is 12.1. The summed E-state index contributed by atoms with van der Waals surface area (Å²) in [6.07, 6.45) is 0. The summed E-state index contributed by atoms with van der Waals surface area (Å²) in [6, 6.07) is 20.7. The first-order valence-corrected chi connectivity index (χ1v) is 11.7. The molecule has 0 heterocycles. The molecule has 0 fully saturated rings. The third kappa shape index (κ3) is 5.29. The number of carbonyl (C=O) groups is 1. The fraction of sp³-hybridized carbons (Fsp3) is 0.240. The summed E-state index contributed by atoms with van der Waals surface area (Å²) in [5.74, 6) is 0.329. The zero-order valence-corrected chi connectivity index (χ0v) is 19.5. The second kappa shape index (κ2) is 9.87. The molecular formula is C25H28N2O4S. The molecule has 0 aliphatic heterocycles. The van der Waals surface area contributed by atoms with Gasteiger partial charge in [0.15, 0.2) is 0 Å². The molecule has 1 unspecified atom stereocenters. The average Bonchev–Trinajstić information content (AvgIpc) is 2.78. The van der Waals surface area contributed by atoms with E-state index in [0.717, 1.165) is 22.4 Å². The summed E-state index contributed by atoms with van der Waals surface area (Å²) in [5, 5.41) is 2.90. The molecular weight excluding hydrogens is 424 g/mol. The van der Waals surface area contributed by atoms with Gasteiger partial charge in [0.2, 0.25) is 5.91 Å². The Balaban J connectivity index is 1.89. The van der Waals surface area contributed by atoms with E-state index < -0.39 is 15.9 Å². The molecule has 0 radical (unpaired) electrons. The van der Waals surface area contributed by atoms with Gasteiger partial charge in [-0.2, -0.15) is 0 Å². The van der Waals surface area contributed by atoms with E-state index in [1.807, 2.05) is 57.2 Å². The molecule has 0 bridgehead atoms. The number of hydrogen-bond donors (Lipinski definition) is 1. The number of ether oxygens (including phenoxy) is 1. The van der Waals surface area contributed by atoms with E-state index in [9.17, 15) is 13.2 Å². The Bertz CT molecular complexity index is 1180. The standard InChI is InChI=1S/C25H28N2O4S/c1-18-10-15-24(19(2)16-18)27(32(29,30)23-8-6-5-7-9-23)17-25(28)26-20(3)21-11-13-22(31-4)14-12-21/h5-16,20H,17H2,1-4H3,(H,26,28). The summed E-state index contributed by atoms with van der Waals surface area (Å²) in [4.78, 5) is 13.1. The largest absolute Gasteiger partial charge is 0.497 e. The summed E-state index contributed by atoms with van der Waals surface area (Å²) >= 11 is 0. The summed E-state index contributed by atoms with van der Waals surface area (Å²) in [7, 11) is -2.35. The summed E-state index contributed by atoms with van der Waals surface area (Å²) in [6.45, 7) is 5.30. The lowest BCUT2D eigenvalue weighted by Gasteiger charge is -2.26. The molecule has 0 saturated carbocycles. The zero-order valence-electron chi connectivity index (χ0n) is 18.7. The second-order valence-corrected chi connectivity index (χ2v) is 9.54. The first kappa shape index (κ1) is 23.3. The first-order valence-electron chi connectivity index (χ1n) is 10.3. The van der Waals surface area contributed by atoms with Gasteiger partial charge in [-0.15, -0.1) is 0 Å². The topological polar surface area (TPSA) is 75.7 Å². The van der Waals surface area contributed by atoms with Gasteiger partial charge in [0, 0.05) is 0 Å². The molecule has 6 nitrogen and oxygen atoms in total. The fourth-order valence-corrected chi connectivity index (χ4v) is 5.00. The van der Waals surface area contributed by atoms with Crippen LogP contribution < -0.4 is 14.4 Å². The fourth-order valence-electron chi connectivity index (χ4n) is 3.50. The van der Waals surface area contributed by atoms with E-state index in [0.29, 0.717) is 5.69 Å². The maximum atomic E-state index is 13.5. The predicted octanol–water partition coefficient (Wildman–Crippen LogP) is 4.38. The summed E-state index contributed by atoms with van der Waals surface area (Å²) in [5.41, 5.74) is 3.16. The van der Waals surface area contributed by atoms with Gasteiger partial charge in [0.05, 0.1) is 23.7 Å². The van der Waals surface area contributed by atoms with Gasteiger partial charge < -0.3 is 10.1 Å². The van der Waals surface area contributed by atoms with Gasteiger partial charge in [-0.05, 0) is 62.2 Å². The van der Waals surface area contributed by atoms with Gasteiger partial charge >= 0.3 is 0 Å². The minimum Gasteiger partial charge on any atom is -0.497 e. The number of benzene rings is 3. The molecule has 3 aromatic rings. The lowest BCUT2D eigenvalue weighted by molar-refractivity contribution is -0.120. The molecule has 0 saturated heterocycles. The molecule has 0 aliphatic carbocycles. The molecule has 32 heavy (non-hydrogen) atoms. The molecule has 1 N–H and O–H groups in total. The van der Waals surface area contributed by atoms with Gasteiger partial charge in [0.25, 0.3) is 10.0 Å². The lowest BCUT2D eigenvalue weighted by Crippen LogP contribution is -2.41. The molecule has 0 spiro atoms. The van der Waals surface area contributed by atoms with Crippen molar-refractivity contribution in [3.05, 3.63) is 89.5 Å². The van der Waals surface area contributed by atoms with Crippen LogP contribution in [0.2, 0.25) is 0 Å². The molecule has 0 aromatic heterocycles. The highest BCUT2D eigenvalue weighted by atomic mass is 32.2. The van der Waals surface area contributed by atoms with Crippen LogP contribution in [0.5, 0.6) is 5.75 Å². The average molecular weight is 453 g/mol. The Morgan fingerprint density at radius 3 is 2.25 bits per heavy atom. The Hall–Kier alpha value is -3.32. The van der Waals surface area contributed by atoms with Crippen molar-refractivity contribution < 1.29 is 17.9 Å². The van der Waals surface area contributed by atoms with Crippen LogP contribution in [0, 0.1) is 13.8 Å². The molecule has 1 amide bonds. The highest BCUT2D eigenvalue weighted by molar-refractivity contribution is 7.92. The van der Waals surface area contributed by atoms with Crippen molar-refractivity contribution in [2.45, 2.75) is 31.7 Å². The number of rotatable bonds is 8. The maximum Gasteiger partial charge on any atom is 0.264 e. The number of carbonyl (C=O) groups excluding carboxylic acids is 1. The second-order valence-electron chi connectivity index (χ2n) is 7.68. The van der Waals surface area contributed by atoms with Gasteiger partial charge in [0.1, 0.15) is 12.3 Å². The minimum atomic E-state index is -3.94. The monoisotopic (exact) mass is 452 g/mol. The lowest BCUT2D eigenvalue weighted by atomic mass is 10.1. The van der Waals surface area contributed by atoms with Crippen molar-refractivity contribution in [3.8, 4) is 5.75 Å². The summed E-state index contributed by atoms with van der Waals surface area (Å²) < 4.78 is 33.3. The number of anilines is 1. The Morgan fingerprint density at radius 1 is 1.00 bits per heavy atom. The maximum absolute atomic E-state index is 13.5. The van der Waals surface area contributed by atoms with E-state index >= 15 is 0 Å². The third-order valence-corrected chi connectivity index (χ3v) is 7.01. The number of aryl methyl sites for hydroxylation is 2. The van der Waals surface area contributed by atoms with Gasteiger partial charge in [-0.1, -0.05) is 48.0 Å². The van der Waals surface area contributed by atoms with E-state index in [1.165, 1.54) is 16.4 Å². The zero-order chi connectivity index (χ0) is 23.3. The van der Waals surface area contributed by atoms with Crippen molar-refractivity contribution in [3.63, 3.8) is 0 Å². The molecule has 3 rings (SSSR count). The molecule has 1 atom stereocenters. The number of amides is 1.